The summed E-state index contributed by atoms with van der Waals surface area (Å²) in [7, 11) is 0. The van der Waals surface area contributed by atoms with Gasteiger partial charge in [-0.05, 0) is 49.7 Å². The predicted molar refractivity (Wildman–Crippen MR) is 190 cm³/mol. The molecule has 3 aliphatic heterocycles. The Morgan fingerprint density at radius 3 is 2.46 bits per heavy atom. The van der Waals surface area contributed by atoms with E-state index in [0.717, 1.165) is 67.3 Å². The van der Waals surface area contributed by atoms with E-state index in [1.54, 1.807) is 11.3 Å². The van der Waals surface area contributed by atoms with Crippen LogP contribution < -0.4 is 10.2 Å². The molecule has 0 aliphatic carbocycles. The molecule has 3 amide bonds. The van der Waals surface area contributed by atoms with E-state index in [2.05, 4.69) is 25.3 Å². The largest absolute Gasteiger partial charge is 0.465 e. The first-order chi connectivity index (χ1) is 24.0. The fourth-order valence-corrected chi connectivity index (χ4v) is 8.41. The van der Waals surface area contributed by atoms with Crippen molar-refractivity contribution in [3.63, 3.8) is 0 Å². The summed E-state index contributed by atoms with van der Waals surface area (Å²) >= 11 is 1.59. The van der Waals surface area contributed by atoms with Gasteiger partial charge in [-0.1, -0.05) is 43.3 Å². The van der Waals surface area contributed by atoms with Crippen molar-refractivity contribution in [1.82, 2.24) is 30.2 Å². The number of thiazole rings is 1. The monoisotopic (exact) mass is 707 g/mol. The van der Waals surface area contributed by atoms with Crippen molar-refractivity contribution < 1.29 is 29.1 Å². The molecule has 0 bridgehead atoms. The minimum atomic E-state index is -0.839. The summed E-state index contributed by atoms with van der Waals surface area (Å²) in [5, 5.41) is 27.4. The highest BCUT2D eigenvalue weighted by Crippen LogP contribution is 2.34. The van der Waals surface area contributed by atoms with Crippen molar-refractivity contribution >= 4 is 35.1 Å². The summed E-state index contributed by atoms with van der Waals surface area (Å²) in [5.74, 6) is 0.101. The smallest absolute Gasteiger partial charge is 0.407 e. The van der Waals surface area contributed by atoms with Gasteiger partial charge in [0.05, 0.1) is 28.2 Å². The van der Waals surface area contributed by atoms with Crippen molar-refractivity contribution in [2.75, 3.05) is 57.3 Å². The molecule has 3 aliphatic rings. The normalized spacial score (nSPS) is 22.9. The van der Waals surface area contributed by atoms with Crippen LogP contribution in [0.25, 0.3) is 10.4 Å². The van der Waals surface area contributed by atoms with Crippen LogP contribution in [-0.2, 0) is 9.59 Å². The maximum absolute atomic E-state index is 14.1. The fraction of sp³-hybridized carbons (Fsp3) is 0.583. The van der Waals surface area contributed by atoms with Gasteiger partial charge in [0.25, 0.3) is 0 Å². The summed E-state index contributed by atoms with van der Waals surface area (Å²) < 4.78 is 5.81. The van der Waals surface area contributed by atoms with Gasteiger partial charge in [-0.15, -0.1) is 11.3 Å². The number of piperazine rings is 1. The Balaban J connectivity index is 1.06. The summed E-state index contributed by atoms with van der Waals surface area (Å²) in [6.45, 7) is 13.1. The molecule has 270 valence electrons. The van der Waals surface area contributed by atoms with Gasteiger partial charge < -0.3 is 34.8 Å². The number of aromatic nitrogens is 2. The van der Waals surface area contributed by atoms with Crippen molar-refractivity contribution in [3.8, 4) is 10.4 Å². The standard InChI is InChI=1S/C36H49N7O6S/c1-22(2)32(30-17-31(39-49-30)41-14-12-40(13-15-41)18-25-6-5-11-42(19-25)36(47)48)35(46)43-20-28(44)16-29(43)34(45)38-23(3)26-7-9-27(10-8-26)33-24(4)37-21-50-33/h7-10,17,21-23,25,28-29,32,44H,5-6,11-16,18-20H2,1-4H3,(H,38,45)(H,47,48)/t23-,25-,28+,29-,32+/m0/s1. The highest BCUT2D eigenvalue weighted by atomic mass is 32.1. The van der Waals surface area contributed by atoms with E-state index in [-0.39, 0.29) is 36.7 Å². The number of carbonyl (C=O) groups excluding carboxylic acids is 2. The van der Waals surface area contributed by atoms with E-state index in [0.29, 0.717) is 30.6 Å². The minimum absolute atomic E-state index is 0.0750. The predicted octanol–water partition coefficient (Wildman–Crippen LogP) is 4.20. The van der Waals surface area contributed by atoms with Crippen molar-refractivity contribution in [2.24, 2.45) is 11.8 Å². The number of carbonyl (C=O) groups is 3. The molecule has 2 aromatic heterocycles. The molecule has 3 N–H and O–H groups in total. The number of nitrogens with one attached hydrogen (secondary N) is 1. The lowest BCUT2D eigenvalue weighted by Crippen LogP contribution is -2.50. The second-order valence-electron chi connectivity index (χ2n) is 14.3. The molecule has 0 unspecified atom stereocenters. The van der Waals surface area contributed by atoms with Gasteiger partial charge in [-0.2, -0.15) is 0 Å². The molecule has 1 aromatic carbocycles. The number of piperidine rings is 1. The molecule has 3 fully saturated rings. The van der Waals surface area contributed by atoms with Crippen LogP contribution in [0.1, 0.15) is 69.0 Å². The van der Waals surface area contributed by atoms with Crippen molar-refractivity contribution in [3.05, 3.63) is 52.9 Å². The molecule has 14 heteroatoms. The molecular weight excluding hydrogens is 659 g/mol. The van der Waals surface area contributed by atoms with E-state index in [1.165, 1.54) is 9.80 Å². The molecule has 0 radical (unpaired) electrons. The van der Waals surface area contributed by atoms with Gasteiger partial charge >= 0.3 is 6.09 Å². The van der Waals surface area contributed by atoms with Crippen LogP contribution in [-0.4, -0.2) is 117 Å². The average molecular weight is 708 g/mol. The maximum atomic E-state index is 14.1. The Bertz CT molecular complexity index is 1640. The number of aliphatic hydroxyl groups excluding tert-OH is 1. The molecular formula is C36H49N7O6S. The number of anilines is 1. The number of β-amino-alcohol motifs (C(OH)–C–C–N with tert-alkyl or cyclic N) is 1. The summed E-state index contributed by atoms with van der Waals surface area (Å²) in [5.41, 5.74) is 4.83. The number of benzene rings is 1. The Kier molecular flexibility index (Phi) is 11.1. The number of hydrogen-bond acceptors (Lipinski definition) is 10. The van der Waals surface area contributed by atoms with Gasteiger partial charge in [0, 0.05) is 64.8 Å². The van der Waals surface area contributed by atoms with Gasteiger partial charge in [-0.3, -0.25) is 14.5 Å². The van der Waals surface area contributed by atoms with E-state index in [4.69, 9.17) is 4.52 Å². The second kappa shape index (κ2) is 15.5. The molecule has 3 saturated heterocycles. The van der Waals surface area contributed by atoms with Crippen LogP contribution in [0.15, 0.2) is 40.4 Å². The number of aryl methyl sites for hydroxylation is 1. The number of amides is 3. The molecule has 0 spiro atoms. The Labute approximate surface area is 297 Å². The Hall–Kier alpha value is -4.01. The minimum Gasteiger partial charge on any atom is -0.465 e. The SMILES string of the molecule is Cc1ncsc1-c1ccc([C@H](C)NC(=O)[C@@H]2C[C@@H](O)CN2C(=O)[C@@H](c2cc(N3CCN(C[C@@H]4CCCN(C(=O)O)C4)CC3)no2)C(C)C)cc1. The second-order valence-corrected chi connectivity index (χ2v) is 15.2. The summed E-state index contributed by atoms with van der Waals surface area (Å²) in [4.78, 5) is 52.2. The lowest BCUT2D eigenvalue weighted by molar-refractivity contribution is -0.141. The molecule has 3 aromatic rings. The summed E-state index contributed by atoms with van der Waals surface area (Å²) in [6, 6.07) is 8.78. The molecule has 5 atom stereocenters. The third kappa shape index (κ3) is 7.97. The number of rotatable bonds is 10. The van der Waals surface area contributed by atoms with Crippen LogP contribution in [0.4, 0.5) is 10.6 Å². The van der Waals surface area contributed by atoms with Gasteiger partial charge in [0.1, 0.15) is 12.0 Å². The van der Waals surface area contributed by atoms with Gasteiger partial charge in [0.15, 0.2) is 11.6 Å². The number of likely N-dealkylation sites (tertiary alicyclic amines) is 2. The zero-order chi connectivity index (χ0) is 35.5. The average Bonchev–Trinajstić information content (AvgIpc) is 3.85. The molecule has 50 heavy (non-hydrogen) atoms. The first-order valence-corrected chi connectivity index (χ1v) is 18.6. The third-order valence-corrected chi connectivity index (χ3v) is 11.4. The van der Waals surface area contributed by atoms with E-state index >= 15 is 0 Å². The fourth-order valence-electron chi connectivity index (χ4n) is 7.60. The number of nitrogens with zero attached hydrogens (tertiary/aromatic N) is 6. The van der Waals surface area contributed by atoms with Crippen molar-refractivity contribution in [2.45, 2.75) is 71.1 Å². The topological polar surface area (TPSA) is 156 Å². The van der Waals surface area contributed by atoms with E-state index in [1.807, 2.05) is 63.5 Å². The maximum Gasteiger partial charge on any atom is 0.407 e. The van der Waals surface area contributed by atoms with Crippen LogP contribution >= 0.6 is 11.3 Å². The number of hydrogen-bond donors (Lipinski definition) is 3. The summed E-state index contributed by atoms with van der Waals surface area (Å²) in [6.07, 6.45) is 0.466. The molecule has 5 heterocycles. The van der Waals surface area contributed by atoms with Crippen molar-refractivity contribution in [1.29, 1.82) is 0 Å². The highest BCUT2D eigenvalue weighted by molar-refractivity contribution is 7.13. The van der Waals surface area contributed by atoms with Crippen LogP contribution in [0, 0.1) is 18.8 Å². The first kappa shape index (κ1) is 35.8. The zero-order valence-corrected chi connectivity index (χ0v) is 30.1. The van der Waals surface area contributed by atoms with Crippen LogP contribution in [0.3, 0.4) is 0 Å². The molecule has 0 saturated carbocycles. The lowest BCUT2D eigenvalue weighted by Gasteiger charge is -2.38. The van der Waals surface area contributed by atoms with Crippen LogP contribution in [0.2, 0.25) is 0 Å². The highest BCUT2D eigenvalue weighted by Gasteiger charge is 2.43. The lowest BCUT2D eigenvalue weighted by atomic mass is 9.91. The van der Waals surface area contributed by atoms with E-state index < -0.39 is 24.2 Å². The van der Waals surface area contributed by atoms with E-state index in [9.17, 15) is 24.6 Å². The Morgan fingerprint density at radius 2 is 1.80 bits per heavy atom. The van der Waals surface area contributed by atoms with Crippen LogP contribution in [0.5, 0.6) is 0 Å². The van der Waals surface area contributed by atoms with Gasteiger partial charge in [0.2, 0.25) is 11.8 Å². The third-order valence-electron chi connectivity index (χ3n) is 10.4. The quantitative estimate of drug-likeness (QED) is 0.279. The van der Waals surface area contributed by atoms with Gasteiger partial charge in [-0.25, -0.2) is 9.78 Å². The molecule has 6 rings (SSSR count). The first-order valence-electron chi connectivity index (χ1n) is 17.7. The number of carboxylic acid groups (broad SMARTS) is 1. The zero-order valence-electron chi connectivity index (χ0n) is 29.3. The number of aliphatic hydroxyl groups is 1. The Morgan fingerprint density at radius 1 is 1.06 bits per heavy atom. The molecule has 13 nitrogen and oxygen atoms in total.